The Morgan fingerprint density at radius 1 is 0.490 bits per heavy atom. The summed E-state index contributed by atoms with van der Waals surface area (Å²) in [6.45, 7) is 0. The van der Waals surface area contributed by atoms with E-state index in [1.807, 2.05) is 0 Å². The molecule has 7 N–H and O–H groups in total. The van der Waals surface area contributed by atoms with Gasteiger partial charge >= 0.3 is 0 Å². The number of nitrogens with zero attached hydrogens (tertiary/aromatic N) is 4. The Hall–Kier alpha value is -6.14. The lowest BCUT2D eigenvalue weighted by Gasteiger charge is -2.13. The van der Waals surface area contributed by atoms with Gasteiger partial charge in [-0.25, -0.2) is 0 Å². The van der Waals surface area contributed by atoms with Crippen LogP contribution in [0.1, 0.15) is 0 Å². The molecule has 0 spiro atoms. The standard InChI is InChI=1S/C32H23N5O10S2/c38-25-7-3-1-5-23(25)34-36-29-27(48(42,43)44)15-17-13-19(9-11-21(17)31(29)40)33-20-10-12-22-18(14-20)16-28(49(45,46)47)30(32(22)41)37-35-24-6-2-4-8-26(24)39/h1-16,33,38-41H,(H,42,43,44)(H,45,46,47). The minimum atomic E-state index is -4.92. The van der Waals surface area contributed by atoms with Gasteiger partial charge in [0.05, 0.1) is 0 Å². The highest BCUT2D eigenvalue weighted by molar-refractivity contribution is 7.86. The zero-order valence-corrected chi connectivity index (χ0v) is 26.3. The Morgan fingerprint density at radius 2 is 0.878 bits per heavy atom. The number of fused-ring (bicyclic) bond motifs is 2. The molecule has 15 nitrogen and oxygen atoms in total. The number of anilines is 2. The van der Waals surface area contributed by atoms with Crippen LogP contribution in [0.25, 0.3) is 21.5 Å². The molecule has 49 heavy (non-hydrogen) atoms. The molecule has 6 aromatic carbocycles. The highest BCUT2D eigenvalue weighted by Gasteiger charge is 2.24. The van der Waals surface area contributed by atoms with Crippen molar-refractivity contribution in [1.82, 2.24) is 0 Å². The largest absolute Gasteiger partial charge is 0.506 e. The van der Waals surface area contributed by atoms with E-state index in [-0.39, 0.29) is 44.4 Å². The first kappa shape index (κ1) is 32.8. The summed E-state index contributed by atoms with van der Waals surface area (Å²) in [5.41, 5.74) is -0.400. The van der Waals surface area contributed by atoms with E-state index in [1.54, 1.807) is 24.3 Å². The zero-order valence-electron chi connectivity index (χ0n) is 24.7. The molecule has 0 fully saturated rings. The minimum Gasteiger partial charge on any atom is -0.506 e. The zero-order chi connectivity index (χ0) is 35.1. The molecule has 248 valence electrons. The van der Waals surface area contributed by atoms with Gasteiger partial charge in [0.2, 0.25) is 0 Å². The molecule has 0 saturated heterocycles. The maximum Gasteiger partial charge on any atom is 0.296 e. The van der Waals surface area contributed by atoms with Gasteiger partial charge < -0.3 is 25.7 Å². The second-order valence-electron chi connectivity index (χ2n) is 10.5. The molecule has 6 aromatic rings. The van der Waals surface area contributed by atoms with Crippen LogP contribution in [0.4, 0.5) is 34.1 Å². The lowest BCUT2D eigenvalue weighted by molar-refractivity contribution is 0.471. The summed E-state index contributed by atoms with van der Waals surface area (Å²) in [5.74, 6) is -1.71. The smallest absolute Gasteiger partial charge is 0.296 e. The summed E-state index contributed by atoms with van der Waals surface area (Å²) in [6.07, 6.45) is 0. The summed E-state index contributed by atoms with van der Waals surface area (Å²) in [5, 5.41) is 60.7. The van der Waals surface area contributed by atoms with E-state index in [0.717, 1.165) is 12.1 Å². The Bertz CT molecular complexity index is 2410. The van der Waals surface area contributed by atoms with Crippen molar-refractivity contribution in [2.45, 2.75) is 9.79 Å². The second-order valence-corrected chi connectivity index (χ2v) is 13.2. The Morgan fingerprint density at radius 3 is 1.24 bits per heavy atom. The first-order valence-electron chi connectivity index (χ1n) is 13.9. The molecule has 0 heterocycles. The average Bonchev–Trinajstić information content (AvgIpc) is 3.04. The maximum absolute atomic E-state index is 12.3. The molecule has 0 atom stereocenters. The van der Waals surface area contributed by atoms with E-state index in [1.165, 1.54) is 60.7 Å². The molecule has 0 bridgehead atoms. The van der Waals surface area contributed by atoms with Crippen LogP contribution in [0.5, 0.6) is 23.0 Å². The van der Waals surface area contributed by atoms with E-state index in [0.29, 0.717) is 11.4 Å². The first-order valence-corrected chi connectivity index (χ1v) is 16.8. The molecule has 0 aliphatic carbocycles. The SMILES string of the molecule is O=S(=O)(O)c1cc2cc(Nc3ccc4c(O)c(N=Nc5ccccc5O)c(S(=O)(=O)O)cc4c3)ccc2c(O)c1N=Nc1ccccc1O. The molecule has 0 radical (unpaired) electrons. The number of rotatable bonds is 8. The Balaban J connectivity index is 1.38. The molecule has 0 aliphatic rings. The van der Waals surface area contributed by atoms with Gasteiger partial charge in [-0.3, -0.25) is 9.11 Å². The van der Waals surface area contributed by atoms with Crippen LogP contribution < -0.4 is 5.32 Å². The topological polar surface area (TPSA) is 251 Å². The van der Waals surface area contributed by atoms with Crippen LogP contribution >= 0.6 is 0 Å². The van der Waals surface area contributed by atoms with Crippen molar-refractivity contribution >= 4 is 75.9 Å². The van der Waals surface area contributed by atoms with E-state index in [9.17, 15) is 46.4 Å². The summed E-state index contributed by atoms with van der Waals surface area (Å²) >= 11 is 0. The Labute approximate surface area is 277 Å². The Kier molecular flexibility index (Phi) is 8.34. The van der Waals surface area contributed by atoms with Crippen molar-refractivity contribution in [3.8, 4) is 23.0 Å². The van der Waals surface area contributed by atoms with Crippen LogP contribution in [0.15, 0.2) is 127 Å². The summed E-state index contributed by atoms with van der Waals surface area (Å²) in [7, 11) is -9.84. The van der Waals surface area contributed by atoms with Crippen LogP contribution in [0.3, 0.4) is 0 Å². The highest BCUT2D eigenvalue weighted by Crippen LogP contribution is 2.44. The van der Waals surface area contributed by atoms with Crippen LogP contribution in [0.2, 0.25) is 0 Å². The third-order valence-corrected chi connectivity index (χ3v) is 8.96. The molecular weight excluding hydrogens is 679 g/mol. The fourth-order valence-corrected chi connectivity index (χ4v) is 6.23. The molecule has 6 rings (SSSR count). The first-order chi connectivity index (χ1) is 23.2. The third kappa shape index (κ3) is 6.67. The van der Waals surface area contributed by atoms with E-state index >= 15 is 0 Å². The fraction of sp³-hybridized carbons (Fsp3) is 0. The molecule has 0 aliphatic heterocycles. The van der Waals surface area contributed by atoms with Gasteiger partial charge in [-0.2, -0.15) is 16.8 Å². The van der Waals surface area contributed by atoms with Gasteiger partial charge in [0, 0.05) is 22.1 Å². The molecular formula is C32H23N5O10S2. The number of aromatic hydroxyl groups is 4. The van der Waals surface area contributed by atoms with E-state index in [4.69, 9.17) is 0 Å². The maximum atomic E-state index is 12.3. The monoisotopic (exact) mass is 701 g/mol. The molecule has 0 aromatic heterocycles. The van der Waals surface area contributed by atoms with E-state index < -0.39 is 52.9 Å². The van der Waals surface area contributed by atoms with Gasteiger partial charge in [0.25, 0.3) is 20.2 Å². The van der Waals surface area contributed by atoms with Gasteiger partial charge in [0.1, 0.15) is 44.0 Å². The van der Waals surface area contributed by atoms with Gasteiger partial charge in [-0.15, -0.1) is 20.5 Å². The highest BCUT2D eigenvalue weighted by atomic mass is 32.2. The van der Waals surface area contributed by atoms with Crippen molar-refractivity contribution in [2.24, 2.45) is 20.5 Å². The lowest BCUT2D eigenvalue weighted by atomic mass is 10.1. The fourth-order valence-electron chi connectivity index (χ4n) is 4.92. The second kappa shape index (κ2) is 12.5. The lowest BCUT2D eigenvalue weighted by Crippen LogP contribution is -2.00. The van der Waals surface area contributed by atoms with Crippen LogP contribution in [-0.4, -0.2) is 46.4 Å². The minimum absolute atomic E-state index is 0.0108. The molecule has 0 saturated carbocycles. The number of nitrogens with one attached hydrogen (secondary N) is 1. The number of para-hydroxylation sites is 2. The molecule has 17 heteroatoms. The number of phenols is 4. The predicted octanol–water partition coefficient (Wildman–Crippen LogP) is 7.88. The van der Waals surface area contributed by atoms with Crippen molar-refractivity contribution in [1.29, 1.82) is 0 Å². The summed E-state index contributed by atoms with van der Waals surface area (Å²) < 4.78 is 69.0. The van der Waals surface area contributed by atoms with E-state index in [2.05, 4.69) is 25.8 Å². The van der Waals surface area contributed by atoms with Gasteiger partial charge in [-0.05, 0) is 83.6 Å². The summed E-state index contributed by atoms with van der Waals surface area (Å²) in [6, 6.07) is 22.7. The number of azo groups is 2. The van der Waals surface area contributed by atoms with Crippen molar-refractivity contribution in [2.75, 3.05) is 5.32 Å². The average molecular weight is 702 g/mol. The predicted molar refractivity (Wildman–Crippen MR) is 179 cm³/mol. The summed E-state index contributed by atoms with van der Waals surface area (Å²) in [4.78, 5) is -1.49. The molecule has 0 unspecified atom stereocenters. The number of phenolic OH excluding ortho intramolecular Hbond substituents is 4. The van der Waals surface area contributed by atoms with Crippen molar-refractivity contribution in [3.05, 3.63) is 97.1 Å². The molecule has 0 amide bonds. The van der Waals surface area contributed by atoms with Crippen LogP contribution in [-0.2, 0) is 20.2 Å². The van der Waals surface area contributed by atoms with Gasteiger partial charge in [0.15, 0.2) is 11.5 Å². The number of hydrogen-bond donors (Lipinski definition) is 7. The number of benzene rings is 6. The van der Waals surface area contributed by atoms with Crippen LogP contribution in [0, 0.1) is 0 Å². The van der Waals surface area contributed by atoms with Gasteiger partial charge in [-0.1, -0.05) is 24.3 Å². The normalized spacial score (nSPS) is 12.4. The number of hydrogen-bond acceptors (Lipinski definition) is 13. The quantitative estimate of drug-likeness (QED) is 0.0593. The third-order valence-electron chi connectivity index (χ3n) is 7.23. The van der Waals surface area contributed by atoms with Crippen molar-refractivity contribution < 1.29 is 46.4 Å². The van der Waals surface area contributed by atoms with Crippen molar-refractivity contribution in [3.63, 3.8) is 0 Å².